The molecule has 2 aromatic rings. The Kier molecular flexibility index (Phi) is 5.63. The number of amides is 1. The molecule has 0 aliphatic carbocycles. The Bertz CT molecular complexity index is 1020. The second-order valence-corrected chi connectivity index (χ2v) is 10.8. The van der Waals surface area contributed by atoms with Gasteiger partial charge in [0.25, 0.3) is 5.91 Å². The minimum Gasteiger partial charge on any atom is -0.329 e. The average molecular weight is 433 g/mol. The normalized spacial score (nSPS) is 18.6. The maximum Gasteiger partial charge on any atom is 0.255 e. The van der Waals surface area contributed by atoms with Gasteiger partial charge in [-0.2, -0.15) is 0 Å². The molecule has 2 aromatic heterocycles. The van der Waals surface area contributed by atoms with Crippen LogP contribution in [0.15, 0.2) is 18.3 Å². The third-order valence-electron chi connectivity index (χ3n) is 6.00. The summed E-state index contributed by atoms with van der Waals surface area (Å²) in [6.07, 6.45) is 3.09. The quantitative estimate of drug-likeness (QED) is 0.727. The lowest BCUT2D eigenvalue weighted by molar-refractivity contribution is 0.0705. The van der Waals surface area contributed by atoms with Crippen LogP contribution in [0.5, 0.6) is 0 Å². The predicted molar refractivity (Wildman–Crippen MR) is 111 cm³/mol. The van der Waals surface area contributed by atoms with Crippen molar-refractivity contribution in [3.8, 4) is 0 Å². The zero-order chi connectivity index (χ0) is 21.5. The zero-order valence-electron chi connectivity index (χ0n) is 17.7. The van der Waals surface area contributed by atoms with Gasteiger partial charge in [-0.15, -0.1) is 10.2 Å². The number of sulfonamides is 1. The molecule has 10 heteroatoms. The Morgan fingerprint density at radius 1 is 1.10 bits per heavy atom. The number of rotatable bonds is 4. The molecule has 2 aliphatic rings. The first-order valence-electron chi connectivity index (χ1n) is 10.4. The molecular formula is C20H28N6O3S. The van der Waals surface area contributed by atoms with E-state index in [0.29, 0.717) is 38.3 Å². The number of aryl methyl sites for hydroxylation is 1. The fraction of sp³-hybridized carbons (Fsp3) is 0.600. The molecule has 0 aromatic carbocycles. The molecule has 0 spiro atoms. The third-order valence-corrected chi connectivity index (χ3v) is 8.28. The Balaban J connectivity index is 1.43. The van der Waals surface area contributed by atoms with Gasteiger partial charge in [-0.1, -0.05) is 0 Å². The number of piperidine rings is 1. The highest BCUT2D eigenvalue weighted by molar-refractivity contribution is 7.89. The van der Waals surface area contributed by atoms with Crippen LogP contribution in [0.25, 0.3) is 0 Å². The summed E-state index contributed by atoms with van der Waals surface area (Å²) in [6, 6.07) is 3.64. The number of nitrogens with zero attached hydrogens (tertiary/aromatic N) is 6. The number of carbonyl (C=O) groups excluding carboxylic acids is 1. The second-order valence-electron chi connectivity index (χ2n) is 8.31. The summed E-state index contributed by atoms with van der Waals surface area (Å²) in [5, 5.41) is 8.36. The van der Waals surface area contributed by atoms with Crippen molar-refractivity contribution in [2.45, 2.75) is 57.9 Å². The SMILES string of the molecule is Cc1ccc(C(=O)N2CCn3c(nnc3C3CCN(S(=O)(=O)C(C)C)CC3)C2)cn1. The molecule has 4 rings (SSSR count). The van der Waals surface area contributed by atoms with Crippen molar-refractivity contribution in [3.63, 3.8) is 0 Å². The fourth-order valence-corrected chi connectivity index (χ4v) is 5.42. The van der Waals surface area contributed by atoms with Crippen molar-refractivity contribution in [2.75, 3.05) is 19.6 Å². The molecule has 0 unspecified atom stereocenters. The average Bonchev–Trinajstić information content (AvgIpc) is 3.17. The molecule has 0 bridgehead atoms. The number of aromatic nitrogens is 4. The van der Waals surface area contributed by atoms with Gasteiger partial charge in [-0.3, -0.25) is 9.78 Å². The van der Waals surface area contributed by atoms with E-state index < -0.39 is 15.3 Å². The predicted octanol–water partition coefficient (Wildman–Crippen LogP) is 1.56. The molecule has 9 nitrogen and oxygen atoms in total. The fourth-order valence-electron chi connectivity index (χ4n) is 4.10. The summed E-state index contributed by atoms with van der Waals surface area (Å²) in [5.74, 6) is 1.83. The van der Waals surface area contributed by atoms with Crippen LogP contribution in [0, 0.1) is 6.92 Å². The lowest BCUT2D eigenvalue weighted by Gasteiger charge is -2.33. The molecular weight excluding hydrogens is 404 g/mol. The lowest BCUT2D eigenvalue weighted by atomic mass is 9.97. The van der Waals surface area contributed by atoms with E-state index in [-0.39, 0.29) is 11.8 Å². The van der Waals surface area contributed by atoms with Gasteiger partial charge in [0.05, 0.1) is 17.4 Å². The summed E-state index contributed by atoms with van der Waals surface area (Å²) in [6.45, 7) is 8.00. The van der Waals surface area contributed by atoms with E-state index in [1.807, 2.05) is 13.0 Å². The van der Waals surface area contributed by atoms with Crippen molar-refractivity contribution >= 4 is 15.9 Å². The van der Waals surface area contributed by atoms with Crippen molar-refractivity contribution in [1.29, 1.82) is 0 Å². The molecule has 1 amide bonds. The number of carbonyl (C=O) groups is 1. The summed E-state index contributed by atoms with van der Waals surface area (Å²) in [7, 11) is -3.21. The molecule has 0 atom stereocenters. The Hall–Kier alpha value is -2.33. The van der Waals surface area contributed by atoms with Gasteiger partial charge in [-0.05, 0) is 45.7 Å². The maximum absolute atomic E-state index is 12.8. The van der Waals surface area contributed by atoms with Crippen LogP contribution in [0.4, 0.5) is 0 Å². The number of hydrogen-bond donors (Lipinski definition) is 0. The van der Waals surface area contributed by atoms with Crippen molar-refractivity contribution in [2.24, 2.45) is 0 Å². The Morgan fingerprint density at radius 2 is 1.83 bits per heavy atom. The van der Waals surface area contributed by atoms with E-state index in [2.05, 4.69) is 19.7 Å². The van der Waals surface area contributed by atoms with E-state index in [0.717, 1.165) is 30.2 Å². The van der Waals surface area contributed by atoms with Crippen LogP contribution in [0.1, 0.15) is 60.3 Å². The van der Waals surface area contributed by atoms with Gasteiger partial charge in [0.15, 0.2) is 5.82 Å². The highest BCUT2D eigenvalue weighted by atomic mass is 32.2. The standard InChI is InChI=1S/C20H28N6O3S/c1-14(2)30(28,29)25-8-6-16(7-9-25)19-23-22-18-13-24(10-11-26(18)19)20(27)17-5-4-15(3)21-12-17/h4-5,12,14,16H,6-11,13H2,1-3H3. The van der Waals surface area contributed by atoms with Crippen LogP contribution < -0.4 is 0 Å². The molecule has 162 valence electrons. The topological polar surface area (TPSA) is 101 Å². The van der Waals surface area contributed by atoms with Gasteiger partial charge in [0, 0.05) is 44.0 Å². The summed E-state index contributed by atoms with van der Waals surface area (Å²) in [5.41, 5.74) is 1.45. The minimum atomic E-state index is -3.21. The largest absolute Gasteiger partial charge is 0.329 e. The van der Waals surface area contributed by atoms with Crippen molar-refractivity contribution in [3.05, 3.63) is 41.2 Å². The molecule has 4 heterocycles. The highest BCUT2D eigenvalue weighted by Crippen LogP contribution is 2.30. The molecule has 2 aliphatic heterocycles. The van der Waals surface area contributed by atoms with E-state index in [4.69, 9.17) is 0 Å². The second kappa shape index (κ2) is 8.07. The molecule has 1 fully saturated rings. The van der Waals surface area contributed by atoms with E-state index >= 15 is 0 Å². The summed E-state index contributed by atoms with van der Waals surface area (Å²) < 4.78 is 28.5. The monoisotopic (exact) mass is 432 g/mol. The maximum atomic E-state index is 12.8. The first-order chi connectivity index (χ1) is 14.3. The van der Waals surface area contributed by atoms with Crippen molar-refractivity contribution in [1.82, 2.24) is 29.0 Å². The first kappa shape index (κ1) is 20.9. The van der Waals surface area contributed by atoms with Gasteiger partial charge in [0.2, 0.25) is 10.0 Å². The van der Waals surface area contributed by atoms with E-state index in [9.17, 15) is 13.2 Å². The Morgan fingerprint density at radius 3 is 2.47 bits per heavy atom. The number of fused-ring (bicyclic) bond motifs is 1. The van der Waals surface area contributed by atoms with Crippen LogP contribution >= 0.6 is 0 Å². The van der Waals surface area contributed by atoms with Gasteiger partial charge in [-0.25, -0.2) is 12.7 Å². The zero-order valence-corrected chi connectivity index (χ0v) is 18.5. The van der Waals surface area contributed by atoms with Gasteiger partial charge < -0.3 is 9.47 Å². The molecule has 0 radical (unpaired) electrons. The minimum absolute atomic E-state index is 0.0505. The van der Waals surface area contributed by atoms with Gasteiger partial charge in [0.1, 0.15) is 5.82 Å². The third kappa shape index (κ3) is 3.85. The lowest BCUT2D eigenvalue weighted by Crippen LogP contribution is -2.42. The van der Waals surface area contributed by atoms with E-state index in [1.165, 1.54) is 0 Å². The Labute approximate surface area is 177 Å². The van der Waals surface area contributed by atoms with Crippen LogP contribution in [-0.4, -0.2) is 68.2 Å². The molecule has 1 saturated heterocycles. The van der Waals surface area contributed by atoms with Crippen LogP contribution in [0.2, 0.25) is 0 Å². The van der Waals surface area contributed by atoms with E-state index in [1.54, 1.807) is 35.3 Å². The summed E-state index contributed by atoms with van der Waals surface area (Å²) in [4.78, 5) is 18.8. The first-order valence-corrected chi connectivity index (χ1v) is 11.9. The van der Waals surface area contributed by atoms with Crippen molar-refractivity contribution < 1.29 is 13.2 Å². The van der Waals surface area contributed by atoms with Crippen LogP contribution in [0.3, 0.4) is 0 Å². The number of hydrogen-bond acceptors (Lipinski definition) is 6. The number of pyridine rings is 1. The smallest absolute Gasteiger partial charge is 0.255 e. The summed E-state index contributed by atoms with van der Waals surface area (Å²) >= 11 is 0. The van der Waals surface area contributed by atoms with Crippen LogP contribution in [-0.2, 0) is 23.1 Å². The molecule has 0 saturated carbocycles. The molecule has 0 N–H and O–H groups in total. The highest BCUT2D eigenvalue weighted by Gasteiger charge is 2.34. The molecule has 30 heavy (non-hydrogen) atoms. The van der Waals surface area contributed by atoms with Gasteiger partial charge >= 0.3 is 0 Å².